The van der Waals surface area contributed by atoms with Crippen LogP contribution in [0.25, 0.3) is 0 Å². The smallest absolute Gasteiger partial charge is 0.128 e. The lowest BCUT2D eigenvalue weighted by atomic mass is 10.1. The summed E-state index contributed by atoms with van der Waals surface area (Å²) < 4.78 is 0. The van der Waals surface area contributed by atoms with Gasteiger partial charge in [0.25, 0.3) is 0 Å². The molecule has 0 aliphatic carbocycles. The van der Waals surface area contributed by atoms with Crippen molar-refractivity contribution in [2.24, 2.45) is 0 Å². The molecule has 0 aromatic carbocycles. The van der Waals surface area contributed by atoms with Crippen molar-refractivity contribution in [3.05, 3.63) is 23.8 Å². The van der Waals surface area contributed by atoms with Gasteiger partial charge in [0.1, 0.15) is 5.82 Å². The van der Waals surface area contributed by atoms with Crippen LogP contribution < -0.4 is 5.32 Å². The molecule has 0 amide bonds. The highest BCUT2D eigenvalue weighted by atomic mass is 15.2. The summed E-state index contributed by atoms with van der Waals surface area (Å²) >= 11 is 0. The highest BCUT2D eigenvalue weighted by molar-refractivity contribution is 5.05. The minimum absolute atomic E-state index is 0.526. The third-order valence-corrected chi connectivity index (χ3v) is 2.99. The van der Waals surface area contributed by atoms with Gasteiger partial charge < -0.3 is 10.2 Å². The number of nitrogens with one attached hydrogen (secondary N) is 1. The van der Waals surface area contributed by atoms with E-state index in [0.29, 0.717) is 6.04 Å². The number of piperazine rings is 1. The van der Waals surface area contributed by atoms with Crippen LogP contribution in [0.4, 0.5) is 0 Å². The molecule has 4 heteroatoms. The van der Waals surface area contributed by atoms with Gasteiger partial charge in [0.15, 0.2) is 0 Å². The molecule has 0 bridgehead atoms. The molecule has 1 aliphatic rings. The molecule has 0 spiro atoms. The monoisotopic (exact) mass is 220 g/mol. The maximum Gasteiger partial charge on any atom is 0.128 e. The van der Waals surface area contributed by atoms with Crippen LogP contribution in [0.2, 0.25) is 0 Å². The van der Waals surface area contributed by atoms with Crippen molar-refractivity contribution >= 4 is 0 Å². The van der Waals surface area contributed by atoms with Crippen molar-refractivity contribution in [2.45, 2.75) is 25.8 Å². The Balaban J connectivity index is 1.97. The van der Waals surface area contributed by atoms with E-state index in [0.717, 1.165) is 44.0 Å². The number of rotatable bonds is 3. The van der Waals surface area contributed by atoms with Gasteiger partial charge >= 0.3 is 0 Å². The lowest BCUT2D eigenvalue weighted by Crippen LogP contribution is -2.50. The second kappa shape index (κ2) is 5.37. The third-order valence-electron chi connectivity index (χ3n) is 2.99. The number of hydrogen-bond acceptors (Lipinski definition) is 4. The Labute approximate surface area is 97.1 Å². The maximum atomic E-state index is 4.54. The van der Waals surface area contributed by atoms with Crippen LogP contribution in [-0.2, 0) is 12.8 Å². The highest BCUT2D eigenvalue weighted by Gasteiger charge is 2.17. The minimum atomic E-state index is 0.526. The van der Waals surface area contributed by atoms with E-state index in [4.69, 9.17) is 0 Å². The molecule has 1 N–H and O–H groups in total. The van der Waals surface area contributed by atoms with E-state index in [9.17, 15) is 0 Å². The first-order valence-electron chi connectivity index (χ1n) is 6.00. The number of likely N-dealkylation sites (N-methyl/N-ethyl adjacent to an activating group) is 1. The zero-order valence-electron chi connectivity index (χ0n) is 10.1. The van der Waals surface area contributed by atoms with E-state index in [1.54, 1.807) is 0 Å². The Morgan fingerprint density at radius 3 is 3.19 bits per heavy atom. The summed E-state index contributed by atoms with van der Waals surface area (Å²) in [6.45, 7) is 5.41. The summed E-state index contributed by atoms with van der Waals surface area (Å²) in [5.41, 5.74) is 1.15. The molecule has 0 saturated carbocycles. The second-order valence-corrected chi connectivity index (χ2v) is 4.44. The third kappa shape index (κ3) is 3.00. The maximum absolute atomic E-state index is 4.54. The van der Waals surface area contributed by atoms with Crippen LogP contribution in [0.1, 0.15) is 18.4 Å². The van der Waals surface area contributed by atoms with Crippen LogP contribution >= 0.6 is 0 Å². The van der Waals surface area contributed by atoms with E-state index < -0.39 is 0 Å². The van der Waals surface area contributed by atoms with Crippen molar-refractivity contribution in [3.63, 3.8) is 0 Å². The minimum Gasteiger partial charge on any atom is -0.311 e. The molecule has 4 nitrogen and oxygen atoms in total. The van der Waals surface area contributed by atoms with Crippen LogP contribution in [0.5, 0.6) is 0 Å². The lowest BCUT2D eigenvalue weighted by Gasteiger charge is -2.30. The first kappa shape index (κ1) is 11.5. The van der Waals surface area contributed by atoms with Gasteiger partial charge in [-0.15, -0.1) is 0 Å². The van der Waals surface area contributed by atoms with E-state index in [-0.39, 0.29) is 0 Å². The summed E-state index contributed by atoms with van der Waals surface area (Å²) in [7, 11) is 2.17. The molecule has 0 radical (unpaired) electrons. The summed E-state index contributed by atoms with van der Waals surface area (Å²) in [6, 6.07) is 2.55. The average Bonchev–Trinajstić information content (AvgIpc) is 2.29. The fraction of sp³-hybridized carbons (Fsp3) is 0.667. The standard InChI is InChI=1S/C12H20N4/c1-3-12-14-5-4-10(15-12)8-11-9-16(2)7-6-13-11/h4-5,11,13H,3,6-9H2,1-2H3. The number of aryl methyl sites for hydroxylation is 1. The summed E-state index contributed by atoms with van der Waals surface area (Å²) in [5.74, 6) is 0.946. The molecule has 1 fully saturated rings. The SMILES string of the molecule is CCc1nccc(CC2CN(C)CCN2)n1. The van der Waals surface area contributed by atoms with Crippen LogP contribution in [0.15, 0.2) is 12.3 Å². The van der Waals surface area contributed by atoms with E-state index in [1.165, 1.54) is 0 Å². The van der Waals surface area contributed by atoms with Crippen molar-refractivity contribution in [2.75, 3.05) is 26.7 Å². The molecule has 16 heavy (non-hydrogen) atoms. The van der Waals surface area contributed by atoms with Gasteiger partial charge in [0, 0.05) is 50.4 Å². The molecule has 1 saturated heterocycles. The van der Waals surface area contributed by atoms with Gasteiger partial charge in [0.2, 0.25) is 0 Å². The Morgan fingerprint density at radius 1 is 1.56 bits per heavy atom. The largest absolute Gasteiger partial charge is 0.311 e. The number of hydrogen-bond donors (Lipinski definition) is 1. The topological polar surface area (TPSA) is 41.1 Å². The van der Waals surface area contributed by atoms with Crippen molar-refractivity contribution < 1.29 is 0 Å². The summed E-state index contributed by atoms with van der Waals surface area (Å²) in [4.78, 5) is 11.1. The second-order valence-electron chi connectivity index (χ2n) is 4.44. The number of nitrogens with zero attached hydrogens (tertiary/aromatic N) is 3. The molecular formula is C12H20N4. The first-order valence-corrected chi connectivity index (χ1v) is 6.00. The lowest BCUT2D eigenvalue weighted by molar-refractivity contribution is 0.237. The molecule has 2 heterocycles. The van der Waals surface area contributed by atoms with Gasteiger partial charge in [-0.1, -0.05) is 6.92 Å². The van der Waals surface area contributed by atoms with E-state index >= 15 is 0 Å². The van der Waals surface area contributed by atoms with E-state index in [2.05, 4.69) is 34.2 Å². The molecule has 1 unspecified atom stereocenters. The molecule has 1 aromatic heterocycles. The van der Waals surface area contributed by atoms with Gasteiger partial charge in [0.05, 0.1) is 0 Å². The normalized spacial score (nSPS) is 22.2. The molecular weight excluding hydrogens is 200 g/mol. The molecule has 1 atom stereocenters. The Morgan fingerprint density at radius 2 is 2.44 bits per heavy atom. The van der Waals surface area contributed by atoms with Gasteiger partial charge in [-0.2, -0.15) is 0 Å². The Hall–Kier alpha value is -1.00. The predicted octanol–water partition coefficient (Wildman–Crippen LogP) is 0.485. The van der Waals surface area contributed by atoms with Crippen molar-refractivity contribution in [1.29, 1.82) is 0 Å². The van der Waals surface area contributed by atoms with E-state index in [1.807, 2.05) is 12.3 Å². The Bertz CT molecular complexity index is 340. The zero-order chi connectivity index (χ0) is 11.4. The predicted molar refractivity (Wildman–Crippen MR) is 64.4 cm³/mol. The summed E-state index contributed by atoms with van der Waals surface area (Å²) in [6.07, 6.45) is 3.78. The van der Waals surface area contributed by atoms with Crippen molar-refractivity contribution in [1.82, 2.24) is 20.2 Å². The Kier molecular flexibility index (Phi) is 3.85. The molecule has 1 aliphatic heterocycles. The van der Waals surface area contributed by atoms with Gasteiger partial charge in [-0.25, -0.2) is 9.97 Å². The molecule has 1 aromatic rings. The summed E-state index contributed by atoms with van der Waals surface area (Å²) in [5, 5.41) is 3.53. The molecule has 88 valence electrons. The fourth-order valence-electron chi connectivity index (χ4n) is 2.11. The highest BCUT2D eigenvalue weighted by Crippen LogP contribution is 2.04. The van der Waals surface area contributed by atoms with Crippen LogP contribution in [0.3, 0.4) is 0 Å². The van der Waals surface area contributed by atoms with Crippen LogP contribution in [-0.4, -0.2) is 47.6 Å². The van der Waals surface area contributed by atoms with Crippen molar-refractivity contribution in [3.8, 4) is 0 Å². The quantitative estimate of drug-likeness (QED) is 0.804. The fourth-order valence-corrected chi connectivity index (χ4v) is 2.11. The van der Waals surface area contributed by atoms with Crippen LogP contribution in [0, 0.1) is 0 Å². The number of aromatic nitrogens is 2. The van der Waals surface area contributed by atoms with Gasteiger partial charge in [-0.3, -0.25) is 0 Å². The molecule has 2 rings (SSSR count). The average molecular weight is 220 g/mol. The van der Waals surface area contributed by atoms with Gasteiger partial charge in [-0.05, 0) is 13.1 Å². The first-order chi connectivity index (χ1) is 7.78. The zero-order valence-corrected chi connectivity index (χ0v) is 10.1.